The van der Waals surface area contributed by atoms with E-state index in [1.807, 2.05) is 0 Å². The van der Waals surface area contributed by atoms with Crippen LogP contribution in [-0.2, 0) is 4.79 Å². The number of amides is 2. The summed E-state index contributed by atoms with van der Waals surface area (Å²) < 4.78 is 25.5. The van der Waals surface area contributed by atoms with E-state index in [1.54, 1.807) is 4.90 Å². The number of hydrogen-bond acceptors (Lipinski definition) is 4. The van der Waals surface area contributed by atoms with Crippen molar-refractivity contribution in [3.8, 4) is 0 Å². The van der Waals surface area contributed by atoms with Crippen molar-refractivity contribution in [3.05, 3.63) is 15.0 Å². The molecule has 2 atom stereocenters. The van der Waals surface area contributed by atoms with Gasteiger partial charge in [-0.15, -0.1) is 11.3 Å². The second-order valence-electron chi connectivity index (χ2n) is 5.49. The average molecular weight is 350 g/mol. The molecule has 2 aliphatic rings. The zero-order valence-electron chi connectivity index (χ0n) is 11.5. The zero-order valence-corrected chi connectivity index (χ0v) is 13.1. The normalized spacial score (nSPS) is 25.1. The number of fused-ring (bicyclic) bond motifs is 1. The van der Waals surface area contributed by atoms with Crippen LogP contribution in [0.5, 0.6) is 0 Å². The molecule has 2 amide bonds. The first-order valence-electron chi connectivity index (χ1n) is 6.98. The number of carbonyl (C=O) groups excluding carboxylic acids is 2. The molecular formula is C13H14ClF2N3O2S. The van der Waals surface area contributed by atoms with E-state index < -0.39 is 6.43 Å². The van der Waals surface area contributed by atoms with Crippen LogP contribution in [0.25, 0.3) is 0 Å². The number of rotatable bonds is 2. The van der Waals surface area contributed by atoms with Crippen LogP contribution >= 0.6 is 22.9 Å². The molecule has 2 saturated heterocycles. The average Bonchev–Trinajstić information content (AvgIpc) is 2.88. The molecule has 3 heterocycles. The van der Waals surface area contributed by atoms with Crippen LogP contribution in [0.3, 0.4) is 0 Å². The van der Waals surface area contributed by atoms with E-state index in [-0.39, 0.29) is 38.8 Å². The van der Waals surface area contributed by atoms with E-state index in [1.165, 1.54) is 0 Å². The minimum atomic E-state index is -2.73. The predicted molar refractivity (Wildman–Crippen MR) is 77.3 cm³/mol. The molecule has 0 bridgehead atoms. The van der Waals surface area contributed by atoms with E-state index in [2.05, 4.69) is 10.3 Å². The SMILES string of the molecule is O=C1CCC2CN(C(=O)c3nc(Cl)c(C(F)F)s3)CCC2N1. The smallest absolute Gasteiger partial charge is 0.282 e. The van der Waals surface area contributed by atoms with Crippen LogP contribution < -0.4 is 5.32 Å². The number of hydrogen-bond donors (Lipinski definition) is 1. The van der Waals surface area contributed by atoms with E-state index in [0.29, 0.717) is 37.3 Å². The molecule has 0 aromatic carbocycles. The Hall–Kier alpha value is -1.28. The minimum Gasteiger partial charge on any atom is -0.353 e. The van der Waals surface area contributed by atoms with E-state index in [9.17, 15) is 18.4 Å². The summed E-state index contributed by atoms with van der Waals surface area (Å²) in [5.41, 5.74) is 0. The van der Waals surface area contributed by atoms with Crippen molar-refractivity contribution in [2.24, 2.45) is 5.92 Å². The summed E-state index contributed by atoms with van der Waals surface area (Å²) in [5.74, 6) is -0.108. The van der Waals surface area contributed by atoms with Crippen molar-refractivity contribution in [1.29, 1.82) is 0 Å². The molecule has 3 rings (SSSR count). The Morgan fingerprint density at radius 2 is 2.23 bits per heavy atom. The van der Waals surface area contributed by atoms with Crippen LogP contribution in [-0.4, -0.2) is 40.8 Å². The van der Waals surface area contributed by atoms with Crippen molar-refractivity contribution >= 4 is 34.8 Å². The summed E-state index contributed by atoms with van der Waals surface area (Å²) in [6.45, 7) is 0.979. The third-order valence-electron chi connectivity index (χ3n) is 4.10. The van der Waals surface area contributed by atoms with Crippen LogP contribution in [0, 0.1) is 5.92 Å². The number of likely N-dealkylation sites (tertiary alicyclic amines) is 1. The van der Waals surface area contributed by atoms with E-state index >= 15 is 0 Å². The van der Waals surface area contributed by atoms with Gasteiger partial charge in [0.15, 0.2) is 5.01 Å². The summed E-state index contributed by atoms with van der Waals surface area (Å²) in [7, 11) is 0. The van der Waals surface area contributed by atoms with Gasteiger partial charge in [-0.2, -0.15) is 0 Å². The van der Waals surface area contributed by atoms with Gasteiger partial charge in [0, 0.05) is 25.6 Å². The van der Waals surface area contributed by atoms with E-state index in [4.69, 9.17) is 11.6 Å². The van der Waals surface area contributed by atoms with Gasteiger partial charge in [-0.1, -0.05) is 11.6 Å². The van der Waals surface area contributed by atoms with Crippen molar-refractivity contribution in [1.82, 2.24) is 15.2 Å². The summed E-state index contributed by atoms with van der Waals surface area (Å²) in [6, 6.07) is 0.0989. The Labute approximate surface area is 134 Å². The van der Waals surface area contributed by atoms with Crippen LogP contribution in [0.2, 0.25) is 5.15 Å². The topological polar surface area (TPSA) is 62.3 Å². The predicted octanol–water partition coefficient (Wildman–Crippen LogP) is 2.47. The third kappa shape index (κ3) is 2.94. The lowest BCUT2D eigenvalue weighted by atomic mass is 9.85. The van der Waals surface area contributed by atoms with Crippen molar-refractivity contribution < 1.29 is 18.4 Å². The van der Waals surface area contributed by atoms with Gasteiger partial charge >= 0.3 is 0 Å². The summed E-state index contributed by atoms with van der Waals surface area (Å²) in [6.07, 6.45) is -0.864. The third-order valence-corrected chi connectivity index (χ3v) is 5.55. The molecule has 1 aromatic heterocycles. The van der Waals surface area contributed by atoms with Crippen LogP contribution in [0.1, 0.15) is 40.4 Å². The lowest BCUT2D eigenvalue weighted by Crippen LogP contribution is -2.55. The lowest BCUT2D eigenvalue weighted by Gasteiger charge is -2.41. The number of piperidine rings is 2. The van der Waals surface area contributed by atoms with Crippen LogP contribution in [0.15, 0.2) is 0 Å². The number of thiazole rings is 1. The summed E-state index contributed by atoms with van der Waals surface area (Å²) in [4.78, 5) is 28.8. The number of alkyl halides is 2. The summed E-state index contributed by atoms with van der Waals surface area (Å²) >= 11 is 6.30. The fourth-order valence-corrected chi connectivity index (χ4v) is 4.08. The van der Waals surface area contributed by atoms with Gasteiger partial charge in [-0.3, -0.25) is 9.59 Å². The van der Waals surface area contributed by atoms with Crippen molar-refractivity contribution in [3.63, 3.8) is 0 Å². The molecule has 9 heteroatoms. The molecule has 0 saturated carbocycles. The number of nitrogens with zero attached hydrogens (tertiary/aromatic N) is 2. The minimum absolute atomic E-state index is 0.00130. The molecule has 0 spiro atoms. The lowest BCUT2D eigenvalue weighted by molar-refractivity contribution is -0.125. The molecule has 2 aliphatic heterocycles. The number of halogens is 3. The second-order valence-corrected chi connectivity index (χ2v) is 6.88. The molecular weight excluding hydrogens is 336 g/mol. The first kappa shape index (κ1) is 15.6. The van der Waals surface area contributed by atoms with Gasteiger partial charge in [0.1, 0.15) is 10.0 Å². The van der Waals surface area contributed by atoms with Gasteiger partial charge in [0.25, 0.3) is 12.3 Å². The van der Waals surface area contributed by atoms with Gasteiger partial charge in [0.05, 0.1) is 0 Å². The highest BCUT2D eigenvalue weighted by Crippen LogP contribution is 2.33. The maximum absolute atomic E-state index is 12.7. The number of carbonyl (C=O) groups is 2. The largest absolute Gasteiger partial charge is 0.353 e. The van der Waals surface area contributed by atoms with Crippen molar-refractivity contribution in [2.45, 2.75) is 31.7 Å². The maximum Gasteiger partial charge on any atom is 0.282 e. The fourth-order valence-electron chi connectivity index (χ4n) is 2.97. The first-order valence-corrected chi connectivity index (χ1v) is 8.18. The Morgan fingerprint density at radius 3 is 2.91 bits per heavy atom. The molecule has 2 fully saturated rings. The number of aromatic nitrogens is 1. The molecule has 1 N–H and O–H groups in total. The highest BCUT2D eigenvalue weighted by molar-refractivity contribution is 7.14. The molecule has 1 aromatic rings. The van der Waals surface area contributed by atoms with E-state index in [0.717, 1.165) is 6.42 Å². The Morgan fingerprint density at radius 1 is 1.45 bits per heavy atom. The molecule has 5 nitrogen and oxygen atoms in total. The molecule has 120 valence electrons. The zero-order chi connectivity index (χ0) is 15.9. The molecule has 0 radical (unpaired) electrons. The Bertz CT molecular complexity index is 610. The quantitative estimate of drug-likeness (QED) is 0.892. The maximum atomic E-state index is 12.7. The monoisotopic (exact) mass is 349 g/mol. The molecule has 0 aliphatic carbocycles. The Kier molecular flexibility index (Phi) is 4.31. The van der Waals surface area contributed by atoms with Gasteiger partial charge < -0.3 is 10.2 Å². The standard InChI is InChI=1S/C13H14ClF2N3O2S/c14-10-9(11(15)16)22-12(18-10)13(21)19-4-3-7-6(5-19)1-2-8(20)17-7/h6-7,11H,1-5H2,(H,17,20). The fraction of sp³-hybridized carbons (Fsp3) is 0.615. The molecule has 22 heavy (non-hydrogen) atoms. The van der Waals surface area contributed by atoms with Gasteiger partial charge in [0.2, 0.25) is 5.91 Å². The molecule has 2 unspecified atom stereocenters. The highest BCUT2D eigenvalue weighted by Gasteiger charge is 2.36. The number of nitrogens with one attached hydrogen (secondary N) is 1. The van der Waals surface area contributed by atoms with Gasteiger partial charge in [-0.25, -0.2) is 13.8 Å². The van der Waals surface area contributed by atoms with Gasteiger partial charge in [-0.05, 0) is 18.8 Å². The highest BCUT2D eigenvalue weighted by atomic mass is 35.5. The van der Waals surface area contributed by atoms with Crippen molar-refractivity contribution in [2.75, 3.05) is 13.1 Å². The first-order chi connectivity index (χ1) is 10.5. The Balaban J connectivity index is 1.71. The summed E-state index contributed by atoms with van der Waals surface area (Å²) in [5, 5.41) is 2.63. The van der Waals surface area contributed by atoms with Crippen LogP contribution in [0.4, 0.5) is 8.78 Å². The second kappa shape index (κ2) is 6.08.